The van der Waals surface area contributed by atoms with Crippen LogP contribution in [0.1, 0.15) is 19.3 Å². The predicted molar refractivity (Wildman–Crippen MR) is 46.3 cm³/mol. The van der Waals surface area contributed by atoms with E-state index in [9.17, 15) is 0 Å². The summed E-state index contributed by atoms with van der Waals surface area (Å²) in [5.74, 6) is 1.89. The van der Waals surface area contributed by atoms with Crippen molar-refractivity contribution in [3.05, 3.63) is 0 Å². The van der Waals surface area contributed by atoms with Crippen molar-refractivity contribution in [2.75, 3.05) is 20.1 Å². The minimum atomic E-state index is 0.503. The molecule has 1 unspecified atom stereocenters. The van der Waals surface area contributed by atoms with E-state index in [-0.39, 0.29) is 0 Å². The lowest BCUT2D eigenvalue weighted by Crippen LogP contribution is -2.32. The van der Waals surface area contributed by atoms with Gasteiger partial charge < -0.3 is 10.6 Å². The van der Waals surface area contributed by atoms with E-state index in [1.165, 1.54) is 32.4 Å². The van der Waals surface area contributed by atoms with Crippen molar-refractivity contribution in [3.8, 4) is 0 Å². The average Bonchev–Trinajstić information content (AvgIpc) is 2.27. The van der Waals surface area contributed by atoms with Gasteiger partial charge in [-0.2, -0.15) is 0 Å². The molecule has 1 aliphatic carbocycles. The fraction of sp³-hybridized carbons (Fsp3) is 1.00. The first-order valence-electron chi connectivity index (χ1n) is 4.70. The Balaban J connectivity index is 1.97. The third-order valence-electron chi connectivity index (χ3n) is 3.27. The molecule has 2 rings (SSSR count). The molecule has 3 atom stereocenters. The average molecular weight is 154 g/mol. The van der Waals surface area contributed by atoms with Gasteiger partial charge in [0.15, 0.2) is 0 Å². The van der Waals surface area contributed by atoms with E-state index in [2.05, 4.69) is 11.9 Å². The quantitative estimate of drug-likeness (QED) is 0.556. The molecule has 2 nitrogen and oxygen atoms in total. The summed E-state index contributed by atoms with van der Waals surface area (Å²) in [4.78, 5) is 2.45. The third-order valence-corrected chi connectivity index (χ3v) is 3.27. The molecule has 1 saturated carbocycles. The molecule has 0 aromatic heterocycles. The Bertz CT molecular complexity index is 146. The van der Waals surface area contributed by atoms with Crippen LogP contribution in [-0.4, -0.2) is 31.1 Å². The summed E-state index contributed by atoms with van der Waals surface area (Å²) < 4.78 is 0. The molecule has 0 bridgehead atoms. The Labute approximate surface area is 68.7 Å². The van der Waals surface area contributed by atoms with Gasteiger partial charge in [0.2, 0.25) is 0 Å². The van der Waals surface area contributed by atoms with Crippen LogP contribution in [0.3, 0.4) is 0 Å². The summed E-state index contributed by atoms with van der Waals surface area (Å²) in [5, 5.41) is 0. The number of nitrogens with zero attached hydrogens (tertiary/aromatic N) is 1. The van der Waals surface area contributed by atoms with Crippen molar-refractivity contribution < 1.29 is 0 Å². The zero-order valence-corrected chi connectivity index (χ0v) is 7.29. The van der Waals surface area contributed by atoms with Crippen molar-refractivity contribution in [2.45, 2.75) is 25.3 Å². The molecule has 0 aromatic carbocycles. The molecule has 0 radical (unpaired) electrons. The van der Waals surface area contributed by atoms with E-state index in [1.807, 2.05) is 0 Å². The lowest BCUT2D eigenvalue weighted by molar-refractivity contribution is 0.271. The first-order valence-corrected chi connectivity index (χ1v) is 4.70. The van der Waals surface area contributed by atoms with Gasteiger partial charge in [-0.15, -0.1) is 0 Å². The number of hydrogen-bond donors (Lipinski definition) is 1. The molecule has 2 N–H and O–H groups in total. The first-order chi connectivity index (χ1) is 5.25. The van der Waals surface area contributed by atoms with Crippen LogP contribution in [0.25, 0.3) is 0 Å². The van der Waals surface area contributed by atoms with Gasteiger partial charge in [0, 0.05) is 19.1 Å². The molecule has 0 aromatic rings. The lowest BCUT2D eigenvalue weighted by atomic mass is 9.79. The van der Waals surface area contributed by atoms with Crippen molar-refractivity contribution in [1.82, 2.24) is 4.90 Å². The van der Waals surface area contributed by atoms with Crippen LogP contribution in [0.2, 0.25) is 0 Å². The van der Waals surface area contributed by atoms with Gasteiger partial charge in [-0.05, 0) is 38.1 Å². The second kappa shape index (κ2) is 2.76. The molecule has 0 amide bonds. The van der Waals surface area contributed by atoms with Crippen LogP contribution >= 0.6 is 0 Å². The number of likely N-dealkylation sites (tertiary alicyclic amines) is 1. The zero-order valence-electron chi connectivity index (χ0n) is 7.29. The summed E-state index contributed by atoms with van der Waals surface area (Å²) >= 11 is 0. The van der Waals surface area contributed by atoms with Crippen molar-refractivity contribution in [2.24, 2.45) is 17.6 Å². The van der Waals surface area contributed by atoms with Gasteiger partial charge in [-0.3, -0.25) is 0 Å². The normalized spacial score (nSPS) is 45.8. The summed E-state index contributed by atoms with van der Waals surface area (Å²) in [7, 11) is 2.23. The van der Waals surface area contributed by atoms with E-state index >= 15 is 0 Å². The molecule has 2 fully saturated rings. The van der Waals surface area contributed by atoms with E-state index in [0.717, 1.165) is 11.8 Å². The molecule has 1 heterocycles. The molecule has 11 heavy (non-hydrogen) atoms. The number of rotatable bonds is 0. The zero-order chi connectivity index (χ0) is 7.84. The number of hydrogen-bond acceptors (Lipinski definition) is 2. The predicted octanol–water partition coefficient (Wildman–Crippen LogP) is 0.675. The van der Waals surface area contributed by atoms with Crippen LogP contribution in [0, 0.1) is 11.8 Å². The molecule has 64 valence electrons. The topological polar surface area (TPSA) is 29.3 Å². The lowest BCUT2D eigenvalue weighted by Gasteiger charge is -2.28. The van der Waals surface area contributed by atoms with Gasteiger partial charge in [-0.25, -0.2) is 0 Å². The molecule has 0 spiro atoms. The SMILES string of the molecule is CN1CC2C[C@H](N)CC[C@@H]2C1. The Morgan fingerprint density at radius 3 is 2.73 bits per heavy atom. The van der Waals surface area contributed by atoms with E-state index in [1.54, 1.807) is 0 Å². The van der Waals surface area contributed by atoms with E-state index in [0.29, 0.717) is 6.04 Å². The number of fused-ring (bicyclic) bond motifs is 1. The van der Waals surface area contributed by atoms with Crippen LogP contribution in [0.4, 0.5) is 0 Å². The van der Waals surface area contributed by atoms with E-state index in [4.69, 9.17) is 5.73 Å². The highest BCUT2D eigenvalue weighted by atomic mass is 15.1. The smallest absolute Gasteiger partial charge is 0.00421 e. The molecule has 1 aliphatic heterocycles. The fourth-order valence-corrected chi connectivity index (χ4v) is 2.70. The molecular weight excluding hydrogens is 136 g/mol. The Morgan fingerprint density at radius 1 is 1.18 bits per heavy atom. The van der Waals surface area contributed by atoms with Crippen LogP contribution in [0.5, 0.6) is 0 Å². The minimum Gasteiger partial charge on any atom is -0.328 e. The Kier molecular flexibility index (Phi) is 1.90. The van der Waals surface area contributed by atoms with Crippen LogP contribution < -0.4 is 5.73 Å². The highest BCUT2D eigenvalue weighted by Gasteiger charge is 2.34. The second-order valence-corrected chi connectivity index (χ2v) is 4.31. The first kappa shape index (κ1) is 7.56. The van der Waals surface area contributed by atoms with Gasteiger partial charge in [0.1, 0.15) is 0 Å². The van der Waals surface area contributed by atoms with Crippen molar-refractivity contribution in [3.63, 3.8) is 0 Å². The minimum absolute atomic E-state index is 0.503. The van der Waals surface area contributed by atoms with Gasteiger partial charge in [0.25, 0.3) is 0 Å². The summed E-state index contributed by atoms with van der Waals surface area (Å²) in [6, 6.07) is 0.503. The third kappa shape index (κ3) is 1.42. The molecular formula is C9H18N2. The van der Waals surface area contributed by atoms with E-state index < -0.39 is 0 Å². The second-order valence-electron chi connectivity index (χ2n) is 4.31. The number of nitrogens with two attached hydrogens (primary N) is 1. The van der Waals surface area contributed by atoms with Gasteiger partial charge in [-0.1, -0.05) is 0 Å². The Morgan fingerprint density at radius 2 is 1.91 bits per heavy atom. The molecule has 2 heteroatoms. The highest BCUT2D eigenvalue weighted by molar-refractivity contribution is 4.89. The maximum atomic E-state index is 5.92. The van der Waals surface area contributed by atoms with Crippen molar-refractivity contribution in [1.29, 1.82) is 0 Å². The largest absolute Gasteiger partial charge is 0.328 e. The van der Waals surface area contributed by atoms with Crippen LogP contribution in [-0.2, 0) is 0 Å². The fourth-order valence-electron chi connectivity index (χ4n) is 2.70. The maximum absolute atomic E-state index is 5.92. The van der Waals surface area contributed by atoms with Gasteiger partial charge in [0.05, 0.1) is 0 Å². The summed E-state index contributed by atoms with van der Waals surface area (Å²) in [6.07, 6.45) is 3.90. The summed E-state index contributed by atoms with van der Waals surface area (Å²) in [5.41, 5.74) is 5.92. The molecule has 1 saturated heterocycles. The van der Waals surface area contributed by atoms with Gasteiger partial charge >= 0.3 is 0 Å². The molecule has 2 aliphatic rings. The highest BCUT2D eigenvalue weighted by Crippen LogP contribution is 2.34. The standard InChI is InChI=1S/C9H18N2/c1-11-5-7-2-3-9(10)4-8(7)6-11/h7-9H,2-6,10H2,1H3/t7-,8?,9-/m1/s1. The van der Waals surface area contributed by atoms with Crippen molar-refractivity contribution >= 4 is 0 Å². The van der Waals surface area contributed by atoms with Crippen LogP contribution in [0.15, 0.2) is 0 Å². The Hall–Kier alpha value is -0.0800. The summed E-state index contributed by atoms with van der Waals surface area (Å²) in [6.45, 7) is 2.61. The maximum Gasteiger partial charge on any atom is 0.00421 e. The monoisotopic (exact) mass is 154 g/mol.